The lowest BCUT2D eigenvalue weighted by atomic mass is 9.64. The molecule has 1 saturated heterocycles. The Morgan fingerprint density at radius 1 is 0.951 bits per heavy atom. The van der Waals surface area contributed by atoms with Gasteiger partial charge in [0.2, 0.25) is 12.7 Å². The maximum atomic E-state index is 14.9. The average molecular weight is 561 g/mol. The number of allylic oxidation sites excluding steroid dienone is 1. The molecule has 0 bridgehead atoms. The molecule has 1 N–H and O–H groups in total. The fourth-order valence-electron chi connectivity index (χ4n) is 7.18. The van der Waals surface area contributed by atoms with Crippen molar-refractivity contribution in [1.29, 1.82) is 0 Å². The Balaban J connectivity index is 1.43. The van der Waals surface area contributed by atoms with Crippen LogP contribution in [-0.2, 0) is 10.2 Å². The van der Waals surface area contributed by atoms with Crippen LogP contribution in [0.4, 0.5) is 11.4 Å². The number of Topliss-reactive ketones (excluding diaryl/α,β-unsaturated/α-hetero) is 2. The molecule has 41 heavy (non-hydrogen) atoms. The Kier molecular flexibility index (Phi) is 5.09. The van der Waals surface area contributed by atoms with Crippen molar-refractivity contribution in [3.8, 4) is 11.5 Å². The van der Waals surface area contributed by atoms with Crippen molar-refractivity contribution in [2.75, 3.05) is 17.0 Å². The maximum Gasteiger partial charge on any atom is 0.238 e. The van der Waals surface area contributed by atoms with E-state index in [1.807, 2.05) is 71.8 Å². The minimum Gasteiger partial charge on any atom is -0.454 e. The van der Waals surface area contributed by atoms with Gasteiger partial charge in [0, 0.05) is 22.5 Å². The molecule has 4 aromatic rings. The van der Waals surface area contributed by atoms with E-state index in [0.29, 0.717) is 27.6 Å². The van der Waals surface area contributed by atoms with Gasteiger partial charge in [-0.25, -0.2) is 0 Å². The number of ether oxygens (including phenoxy) is 2. The number of anilines is 2. The Bertz CT molecular complexity index is 1810. The molecule has 0 radical (unpaired) electrons. The number of rotatable bonds is 4. The topological polar surface area (TPSA) is 84.9 Å². The van der Waals surface area contributed by atoms with E-state index in [0.717, 1.165) is 22.4 Å². The van der Waals surface area contributed by atoms with Crippen molar-refractivity contribution in [2.24, 2.45) is 5.92 Å². The van der Waals surface area contributed by atoms with Crippen LogP contribution >= 0.6 is 11.3 Å². The summed E-state index contributed by atoms with van der Waals surface area (Å²) in [6, 6.07) is 22.6. The van der Waals surface area contributed by atoms with Crippen LogP contribution < -0.4 is 19.7 Å². The summed E-state index contributed by atoms with van der Waals surface area (Å²) in [5, 5.41) is 4.93. The van der Waals surface area contributed by atoms with E-state index < -0.39 is 23.4 Å². The molecule has 202 valence electrons. The van der Waals surface area contributed by atoms with Gasteiger partial charge >= 0.3 is 0 Å². The molecule has 1 amide bonds. The molecule has 8 heteroatoms. The second kappa shape index (κ2) is 8.65. The van der Waals surface area contributed by atoms with Crippen LogP contribution in [0.2, 0.25) is 0 Å². The molecule has 0 aliphatic carbocycles. The summed E-state index contributed by atoms with van der Waals surface area (Å²) < 4.78 is 11.1. The van der Waals surface area contributed by atoms with E-state index in [2.05, 4.69) is 11.4 Å². The van der Waals surface area contributed by atoms with Crippen LogP contribution in [0.15, 0.2) is 90.3 Å². The lowest BCUT2D eigenvalue weighted by Crippen LogP contribution is -2.51. The third-order valence-electron chi connectivity index (χ3n) is 8.86. The van der Waals surface area contributed by atoms with Gasteiger partial charge in [-0.05, 0) is 59.8 Å². The van der Waals surface area contributed by atoms with Crippen LogP contribution in [0.3, 0.4) is 0 Å². The highest BCUT2D eigenvalue weighted by atomic mass is 32.1. The first-order valence-electron chi connectivity index (χ1n) is 13.5. The number of fused-ring (bicyclic) bond motifs is 7. The average Bonchev–Trinajstić information content (AvgIpc) is 3.79. The largest absolute Gasteiger partial charge is 0.454 e. The molecule has 7 nitrogen and oxygen atoms in total. The van der Waals surface area contributed by atoms with Gasteiger partial charge in [-0.2, -0.15) is 0 Å². The predicted molar refractivity (Wildman–Crippen MR) is 156 cm³/mol. The fourth-order valence-corrected chi connectivity index (χ4v) is 7.88. The third-order valence-corrected chi connectivity index (χ3v) is 9.74. The number of benzene rings is 3. The van der Waals surface area contributed by atoms with E-state index in [-0.39, 0.29) is 24.3 Å². The Hall–Kier alpha value is -4.69. The minimum absolute atomic E-state index is 0.0757. The molecule has 3 aromatic carbocycles. The lowest BCUT2D eigenvalue weighted by molar-refractivity contribution is -0.121. The number of amides is 1. The van der Waals surface area contributed by atoms with Gasteiger partial charge < -0.3 is 19.7 Å². The van der Waals surface area contributed by atoms with E-state index in [1.54, 1.807) is 24.3 Å². The first kappa shape index (κ1) is 24.1. The Morgan fingerprint density at radius 3 is 2.61 bits per heavy atom. The van der Waals surface area contributed by atoms with Crippen LogP contribution in [0.5, 0.6) is 11.5 Å². The lowest BCUT2D eigenvalue weighted by Gasteiger charge is -2.39. The Morgan fingerprint density at radius 2 is 1.76 bits per heavy atom. The SMILES string of the molecule is CC1=C[C@@H]2N(c3ccccc31)[C@H](C(=O)c1cccs1)[C@@H](C(=O)c1ccc3c(c1)OCO3)[C@@]21C(=O)Nc2ccccc21. The maximum absolute atomic E-state index is 14.9. The highest BCUT2D eigenvalue weighted by Crippen LogP contribution is 2.59. The summed E-state index contributed by atoms with van der Waals surface area (Å²) >= 11 is 1.34. The standard InChI is InChI=1S/C33H24N2O5S/c1-18-15-27-33(21-8-3-4-9-22(21)34-32(33)38)28(30(36)19-12-13-24-25(16-19)40-17-39-24)29(31(37)26-11-6-14-41-26)35(27)23-10-5-2-7-20(18)23/h2-16,27-29H,17H2,1H3,(H,34,38)/t27-,28-,29-,33-/m0/s1. The molecule has 4 atom stereocenters. The summed E-state index contributed by atoms with van der Waals surface area (Å²) in [4.78, 5) is 46.5. The van der Waals surface area contributed by atoms with Gasteiger partial charge in [-0.1, -0.05) is 48.5 Å². The van der Waals surface area contributed by atoms with Crippen molar-refractivity contribution in [1.82, 2.24) is 0 Å². The summed E-state index contributed by atoms with van der Waals surface area (Å²) in [7, 11) is 0. The van der Waals surface area contributed by atoms with Gasteiger partial charge in [0.25, 0.3) is 0 Å². The van der Waals surface area contributed by atoms with Crippen molar-refractivity contribution in [3.05, 3.63) is 112 Å². The van der Waals surface area contributed by atoms with Crippen molar-refractivity contribution in [2.45, 2.75) is 24.4 Å². The summed E-state index contributed by atoms with van der Waals surface area (Å²) in [5.41, 5.74) is 3.22. The first-order chi connectivity index (χ1) is 20.0. The third kappa shape index (κ3) is 3.16. The molecule has 4 aliphatic rings. The van der Waals surface area contributed by atoms with E-state index >= 15 is 0 Å². The van der Waals surface area contributed by atoms with Crippen molar-refractivity contribution < 1.29 is 23.9 Å². The van der Waals surface area contributed by atoms with Gasteiger partial charge in [-0.3, -0.25) is 14.4 Å². The normalized spacial score (nSPS) is 24.9. The number of carbonyl (C=O) groups is 3. The molecule has 4 aliphatic heterocycles. The second-order valence-corrected chi connectivity index (χ2v) is 11.7. The van der Waals surface area contributed by atoms with Crippen LogP contribution in [0.1, 0.15) is 38.1 Å². The molecule has 0 saturated carbocycles. The second-order valence-electron chi connectivity index (χ2n) is 10.8. The zero-order valence-electron chi connectivity index (χ0n) is 22.0. The molecule has 1 aromatic heterocycles. The zero-order valence-corrected chi connectivity index (χ0v) is 22.8. The van der Waals surface area contributed by atoms with E-state index in [9.17, 15) is 14.4 Å². The first-order valence-corrected chi connectivity index (χ1v) is 14.4. The van der Waals surface area contributed by atoms with Gasteiger partial charge in [0.15, 0.2) is 23.1 Å². The summed E-state index contributed by atoms with van der Waals surface area (Å²) in [5.74, 6) is -0.746. The fraction of sp³-hybridized carbons (Fsp3) is 0.182. The Labute approximate surface area is 240 Å². The van der Waals surface area contributed by atoms with Crippen LogP contribution in [0, 0.1) is 5.92 Å². The van der Waals surface area contributed by atoms with E-state index in [1.165, 1.54) is 11.3 Å². The number of thiophene rings is 1. The molecule has 1 spiro atoms. The van der Waals surface area contributed by atoms with Crippen LogP contribution in [0.25, 0.3) is 5.57 Å². The minimum atomic E-state index is -1.35. The quantitative estimate of drug-likeness (QED) is 0.321. The van der Waals surface area contributed by atoms with Gasteiger partial charge in [-0.15, -0.1) is 11.3 Å². The molecular formula is C33H24N2O5S. The molecule has 0 unspecified atom stereocenters. The number of hydrogen-bond acceptors (Lipinski definition) is 7. The summed E-state index contributed by atoms with van der Waals surface area (Å²) in [6.45, 7) is 2.10. The molecule has 8 rings (SSSR count). The monoisotopic (exact) mass is 560 g/mol. The highest BCUT2D eigenvalue weighted by molar-refractivity contribution is 7.12. The van der Waals surface area contributed by atoms with Gasteiger partial charge in [0.05, 0.1) is 16.8 Å². The smallest absolute Gasteiger partial charge is 0.238 e. The predicted octanol–water partition coefficient (Wildman–Crippen LogP) is 5.72. The number of ketones is 2. The van der Waals surface area contributed by atoms with Crippen molar-refractivity contribution in [3.63, 3.8) is 0 Å². The number of nitrogens with zero attached hydrogens (tertiary/aromatic N) is 1. The molecule has 1 fully saturated rings. The number of nitrogens with one attached hydrogen (secondary N) is 1. The number of carbonyl (C=O) groups excluding carboxylic acids is 3. The molecule has 5 heterocycles. The molecular weight excluding hydrogens is 536 g/mol. The highest BCUT2D eigenvalue weighted by Gasteiger charge is 2.70. The zero-order chi connectivity index (χ0) is 27.9. The van der Waals surface area contributed by atoms with E-state index in [4.69, 9.17) is 9.47 Å². The summed E-state index contributed by atoms with van der Waals surface area (Å²) in [6.07, 6.45) is 2.06. The number of para-hydroxylation sites is 2. The van der Waals surface area contributed by atoms with Crippen LogP contribution in [-0.4, -0.2) is 36.4 Å². The number of hydrogen-bond donors (Lipinski definition) is 1. The van der Waals surface area contributed by atoms with Crippen molar-refractivity contribution >= 4 is 45.8 Å². The van der Waals surface area contributed by atoms with Gasteiger partial charge in [0.1, 0.15) is 11.5 Å².